The summed E-state index contributed by atoms with van der Waals surface area (Å²) in [7, 11) is 1.40. The molecule has 1 heterocycles. The summed E-state index contributed by atoms with van der Waals surface area (Å²) >= 11 is 0. The van der Waals surface area contributed by atoms with Crippen molar-refractivity contribution in [1.29, 1.82) is 0 Å². The van der Waals surface area contributed by atoms with Crippen molar-refractivity contribution in [2.75, 3.05) is 19.0 Å². The van der Waals surface area contributed by atoms with Crippen molar-refractivity contribution in [2.24, 2.45) is 5.92 Å². The number of benzene rings is 2. The van der Waals surface area contributed by atoms with Gasteiger partial charge in [-0.05, 0) is 74.3 Å². The summed E-state index contributed by atoms with van der Waals surface area (Å²) in [4.78, 5) is 36.5. The predicted octanol–water partition coefficient (Wildman–Crippen LogP) is 5.80. The van der Waals surface area contributed by atoms with Crippen LogP contribution in [0.1, 0.15) is 71.6 Å². The molecule has 4 rings (SSSR count). The van der Waals surface area contributed by atoms with Crippen molar-refractivity contribution in [3.05, 3.63) is 77.1 Å². The fraction of sp³-hybridized carbons (Fsp3) is 0.400. The first-order valence-electron chi connectivity index (χ1n) is 13.5. The molecule has 41 heavy (non-hydrogen) atoms. The Labute approximate surface area is 236 Å². The maximum absolute atomic E-state index is 13.6. The van der Waals surface area contributed by atoms with Crippen LogP contribution in [0.25, 0.3) is 5.69 Å². The Balaban J connectivity index is 1.27. The molecule has 0 atom stereocenters. The molecule has 1 aliphatic carbocycles. The van der Waals surface area contributed by atoms with Gasteiger partial charge in [-0.25, -0.2) is 4.68 Å². The molecular formula is C30H33F3N4O4. The molecule has 0 bridgehead atoms. The lowest BCUT2D eigenvalue weighted by Gasteiger charge is -2.28. The maximum atomic E-state index is 13.6. The molecule has 1 aliphatic rings. The standard InChI is InChI=1S/C30H33F3N4O4/c1-19-3-13-24(14-4-19)37-18-25(28(36-37)30(31,32)33)29(40)34-16-15-26(38)35-23-11-9-22(10-12-23)21-7-5-20(6-8-21)17-27(39)41-2/h3-4,9-14,18,20-21H,5-8,15-17H2,1-2H3,(H,34,40)(H,35,38). The Morgan fingerprint density at radius 1 is 1.00 bits per heavy atom. The van der Waals surface area contributed by atoms with E-state index in [9.17, 15) is 27.6 Å². The van der Waals surface area contributed by atoms with E-state index >= 15 is 0 Å². The summed E-state index contributed by atoms with van der Waals surface area (Å²) in [5.74, 6) is -0.779. The van der Waals surface area contributed by atoms with E-state index in [4.69, 9.17) is 4.74 Å². The zero-order valence-electron chi connectivity index (χ0n) is 23.0. The predicted molar refractivity (Wildman–Crippen MR) is 147 cm³/mol. The van der Waals surface area contributed by atoms with Gasteiger partial charge >= 0.3 is 12.1 Å². The highest BCUT2D eigenvalue weighted by Gasteiger charge is 2.39. The minimum absolute atomic E-state index is 0.120. The van der Waals surface area contributed by atoms with Gasteiger partial charge in [0, 0.05) is 31.3 Å². The van der Waals surface area contributed by atoms with E-state index < -0.39 is 23.3 Å². The summed E-state index contributed by atoms with van der Waals surface area (Å²) in [6, 6.07) is 14.2. The average Bonchev–Trinajstić information content (AvgIpc) is 3.41. The monoisotopic (exact) mass is 570 g/mol. The van der Waals surface area contributed by atoms with E-state index in [1.54, 1.807) is 36.4 Å². The van der Waals surface area contributed by atoms with Gasteiger partial charge in [0.2, 0.25) is 5.91 Å². The molecule has 2 amide bonds. The van der Waals surface area contributed by atoms with Gasteiger partial charge in [-0.2, -0.15) is 18.3 Å². The molecule has 218 valence electrons. The number of hydrogen-bond acceptors (Lipinski definition) is 5. The van der Waals surface area contributed by atoms with E-state index in [1.165, 1.54) is 12.7 Å². The second-order valence-corrected chi connectivity index (χ2v) is 10.3. The molecule has 0 spiro atoms. The van der Waals surface area contributed by atoms with Crippen LogP contribution in [0.3, 0.4) is 0 Å². The smallest absolute Gasteiger partial charge is 0.435 e. The van der Waals surface area contributed by atoms with Gasteiger partial charge in [0.15, 0.2) is 5.69 Å². The summed E-state index contributed by atoms with van der Waals surface area (Å²) in [5, 5.41) is 8.73. The number of aromatic nitrogens is 2. The molecule has 1 saturated carbocycles. The lowest BCUT2D eigenvalue weighted by Crippen LogP contribution is -2.29. The summed E-state index contributed by atoms with van der Waals surface area (Å²) in [6.45, 7) is 1.70. The Morgan fingerprint density at radius 3 is 2.27 bits per heavy atom. The summed E-state index contributed by atoms with van der Waals surface area (Å²) < 4.78 is 46.5. The van der Waals surface area contributed by atoms with Gasteiger partial charge < -0.3 is 15.4 Å². The minimum Gasteiger partial charge on any atom is -0.469 e. The second kappa shape index (κ2) is 13.0. The van der Waals surface area contributed by atoms with Crippen molar-refractivity contribution in [3.63, 3.8) is 0 Å². The topological polar surface area (TPSA) is 102 Å². The van der Waals surface area contributed by atoms with Crippen LogP contribution in [0.2, 0.25) is 0 Å². The third-order valence-electron chi connectivity index (χ3n) is 7.36. The number of methoxy groups -OCH3 is 1. The number of carbonyl (C=O) groups excluding carboxylic acids is 3. The second-order valence-electron chi connectivity index (χ2n) is 10.3. The Morgan fingerprint density at radius 2 is 1.66 bits per heavy atom. The largest absolute Gasteiger partial charge is 0.469 e. The molecule has 0 radical (unpaired) electrons. The van der Waals surface area contributed by atoms with Crippen molar-refractivity contribution < 1.29 is 32.3 Å². The molecule has 0 saturated heterocycles. The van der Waals surface area contributed by atoms with E-state index in [0.717, 1.165) is 42.1 Å². The molecule has 0 aliphatic heterocycles. The Kier molecular flexibility index (Phi) is 9.46. The first-order valence-corrected chi connectivity index (χ1v) is 13.5. The van der Waals surface area contributed by atoms with Crippen LogP contribution >= 0.6 is 0 Å². The zero-order valence-corrected chi connectivity index (χ0v) is 23.0. The maximum Gasteiger partial charge on any atom is 0.435 e. The molecule has 8 nitrogen and oxygen atoms in total. The lowest BCUT2D eigenvalue weighted by atomic mass is 9.77. The number of rotatable bonds is 9. The first kappa shape index (κ1) is 29.8. The number of hydrogen-bond donors (Lipinski definition) is 2. The molecule has 2 aromatic carbocycles. The quantitative estimate of drug-likeness (QED) is 0.317. The summed E-state index contributed by atoms with van der Waals surface area (Å²) in [5.41, 5.74) is 1.16. The van der Waals surface area contributed by atoms with Gasteiger partial charge in [-0.1, -0.05) is 29.8 Å². The van der Waals surface area contributed by atoms with Crippen molar-refractivity contribution in [1.82, 2.24) is 15.1 Å². The van der Waals surface area contributed by atoms with Crippen LogP contribution in [0.15, 0.2) is 54.7 Å². The third kappa shape index (κ3) is 7.96. The number of nitrogens with one attached hydrogen (secondary N) is 2. The van der Waals surface area contributed by atoms with E-state index in [1.807, 2.05) is 19.1 Å². The fourth-order valence-electron chi connectivity index (χ4n) is 5.05. The third-order valence-corrected chi connectivity index (χ3v) is 7.36. The van der Waals surface area contributed by atoms with Crippen LogP contribution in [-0.4, -0.2) is 41.2 Å². The van der Waals surface area contributed by atoms with E-state index in [2.05, 4.69) is 15.7 Å². The van der Waals surface area contributed by atoms with Gasteiger partial charge in [0.1, 0.15) is 0 Å². The van der Waals surface area contributed by atoms with Gasteiger partial charge in [-0.3, -0.25) is 14.4 Å². The van der Waals surface area contributed by atoms with Crippen LogP contribution in [0, 0.1) is 12.8 Å². The normalized spacial score (nSPS) is 17.1. The number of ether oxygens (including phenoxy) is 1. The SMILES string of the molecule is COC(=O)CC1CCC(c2ccc(NC(=O)CCNC(=O)c3cn(-c4ccc(C)cc4)nc3C(F)(F)F)cc2)CC1. The van der Waals surface area contributed by atoms with Crippen LogP contribution < -0.4 is 10.6 Å². The number of halogens is 3. The van der Waals surface area contributed by atoms with Crippen molar-refractivity contribution in [3.8, 4) is 5.69 Å². The minimum atomic E-state index is -4.82. The number of aryl methyl sites for hydroxylation is 1. The fourth-order valence-corrected chi connectivity index (χ4v) is 5.05. The Hall–Kier alpha value is -4.15. The Bertz CT molecular complexity index is 1360. The number of alkyl halides is 3. The van der Waals surface area contributed by atoms with Gasteiger partial charge in [0.05, 0.1) is 18.4 Å². The number of anilines is 1. The molecule has 2 N–H and O–H groups in total. The zero-order chi connectivity index (χ0) is 29.6. The number of nitrogens with zero attached hydrogens (tertiary/aromatic N) is 2. The first-order chi connectivity index (χ1) is 19.5. The van der Waals surface area contributed by atoms with Crippen molar-refractivity contribution >= 4 is 23.5 Å². The average molecular weight is 571 g/mol. The highest BCUT2D eigenvalue weighted by atomic mass is 19.4. The van der Waals surface area contributed by atoms with Gasteiger partial charge in [-0.15, -0.1) is 0 Å². The molecular weight excluding hydrogens is 537 g/mol. The molecule has 3 aromatic rings. The molecule has 1 aromatic heterocycles. The summed E-state index contributed by atoms with van der Waals surface area (Å²) in [6.07, 6.45) is 0.424. The van der Waals surface area contributed by atoms with Crippen LogP contribution in [0.4, 0.5) is 18.9 Å². The number of amides is 2. The van der Waals surface area contributed by atoms with Crippen LogP contribution in [0.5, 0.6) is 0 Å². The molecule has 0 unspecified atom stereocenters. The number of esters is 1. The number of carbonyl (C=O) groups is 3. The van der Waals surface area contributed by atoms with Gasteiger partial charge in [0.25, 0.3) is 5.91 Å². The van der Waals surface area contributed by atoms with E-state index in [-0.39, 0.29) is 24.8 Å². The molecule has 1 fully saturated rings. The van der Waals surface area contributed by atoms with Crippen LogP contribution in [-0.2, 0) is 20.5 Å². The highest BCUT2D eigenvalue weighted by molar-refractivity contribution is 5.96. The van der Waals surface area contributed by atoms with Crippen molar-refractivity contribution in [2.45, 2.75) is 57.5 Å². The van der Waals surface area contributed by atoms with E-state index in [0.29, 0.717) is 29.6 Å². The lowest BCUT2D eigenvalue weighted by molar-refractivity contribution is -0.142. The highest BCUT2D eigenvalue weighted by Crippen LogP contribution is 2.37. The molecule has 11 heteroatoms.